The van der Waals surface area contributed by atoms with Gasteiger partial charge in [0, 0.05) is 43.6 Å². The van der Waals surface area contributed by atoms with Gasteiger partial charge in [0.2, 0.25) is 0 Å². The fraction of sp³-hybridized carbons (Fsp3) is 0.808. The molecule has 0 N–H and O–H groups in total. The van der Waals surface area contributed by atoms with Crippen LogP contribution in [0.25, 0.3) is 0 Å². The summed E-state index contributed by atoms with van der Waals surface area (Å²) in [6, 6.07) is 0. The van der Waals surface area contributed by atoms with Gasteiger partial charge in [0.05, 0.1) is 0 Å². The van der Waals surface area contributed by atoms with Gasteiger partial charge in [-0.05, 0) is 62.0 Å². The number of hydrogen-bond acceptors (Lipinski definition) is 1. The lowest BCUT2D eigenvalue weighted by atomic mass is 9.73. The molecule has 2 heterocycles. The van der Waals surface area contributed by atoms with Crippen molar-refractivity contribution in [3.8, 4) is 0 Å². The molecule has 2 atom stereocenters. The molecule has 2 aliphatic carbocycles. The molecule has 156 valence electrons. The van der Waals surface area contributed by atoms with Crippen molar-refractivity contribution in [2.75, 3.05) is 26.2 Å². The Morgan fingerprint density at radius 3 is 2.50 bits per heavy atom. The summed E-state index contributed by atoms with van der Waals surface area (Å²) < 4.78 is 2.78. The van der Waals surface area contributed by atoms with Gasteiger partial charge >= 0.3 is 0 Å². The number of hydrogen-bond donors (Lipinski definition) is 0. The molecule has 2 unspecified atom stereocenters. The molecule has 4 aliphatic rings. The van der Waals surface area contributed by atoms with Crippen molar-refractivity contribution in [2.24, 2.45) is 11.8 Å². The fourth-order valence-electron chi connectivity index (χ4n) is 6.17. The zero-order valence-electron chi connectivity index (χ0n) is 18.6. The first-order chi connectivity index (χ1) is 13.8. The molecule has 28 heavy (non-hydrogen) atoms. The standard InChI is InChI=1S/C26H43N2/c1-3-5-10-21(4-2)19-25-24-20-23(27-15-6-7-16-27)13-11-22(24)12-14-26(25)28-17-8-9-18-28/h20-22H,3-19H2,1-2H3/q+1. The first-order valence-electron chi connectivity index (χ1n) is 12.6. The van der Waals surface area contributed by atoms with Crippen LogP contribution in [0, 0.1) is 11.8 Å². The molecule has 0 aromatic carbocycles. The Labute approximate surface area is 173 Å². The summed E-state index contributed by atoms with van der Waals surface area (Å²) in [4.78, 5) is 2.71. The zero-order chi connectivity index (χ0) is 19.3. The van der Waals surface area contributed by atoms with Crippen LogP contribution >= 0.6 is 0 Å². The van der Waals surface area contributed by atoms with E-state index in [1.54, 1.807) is 22.6 Å². The largest absolute Gasteiger partial charge is 0.375 e. The fourth-order valence-corrected chi connectivity index (χ4v) is 6.17. The van der Waals surface area contributed by atoms with Gasteiger partial charge in [0.25, 0.3) is 0 Å². The maximum Gasteiger partial charge on any atom is 0.179 e. The summed E-state index contributed by atoms with van der Waals surface area (Å²) in [7, 11) is 0. The molecule has 2 saturated heterocycles. The second-order valence-corrected chi connectivity index (χ2v) is 9.80. The predicted molar refractivity (Wildman–Crippen MR) is 120 cm³/mol. The monoisotopic (exact) mass is 383 g/mol. The van der Waals surface area contributed by atoms with Gasteiger partial charge in [-0.3, -0.25) is 0 Å². The van der Waals surface area contributed by atoms with Crippen molar-refractivity contribution >= 4 is 5.71 Å². The molecule has 0 aromatic rings. The van der Waals surface area contributed by atoms with Crippen molar-refractivity contribution in [2.45, 2.75) is 97.3 Å². The summed E-state index contributed by atoms with van der Waals surface area (Å²) in [5.74, 6) is 1.72. The van der Waals surface area contributed by atoms with Crippen LogP contribution in [0.5, 0.6) is 0 Å². The minimum absolute atomic E-state index is 0.844. The van der Waals surface area contributed by atoms with E-state index in [2.05, 4.69) is 29.4 Å². The summed E-state index contributed by atoms with van der Waals surface area (Å²) in [6.45, 7) is 10.00. The summed E-state index contributed by atoms with van der Waals surface area (Å²) in [5, 5.41) is 0. The van der Waals surface area contributed by atoms with Crippen LogP contribution in [0.3, 0.4) is 0 Å². The molecule has 0 amide bonds. The lowest BCUT2D eigenvalue weighted by molar-refractivity contribution is -0.507. The molecule has 2 fully saturated rings. The van der Waals surface area contributed by atoms with Crippen molar-refractivity contribution in [1.29, 1.82) is 0 Å². The van der Waals surface area contributed by atoms with Gasteiger partial charge in [-0.2, -0.15) is 0 Å². The van der Waals surface area contributed by atoms with Gasteiger partial charge in [-0.25, -0.2) is 4.58 Å². The Hall–Kier alpha value is -1.05. The van der Waals surface area contributed by atoms with Crippen molar-refractivity contribution in [1.82, 2.24) is 4.90 Å². The van der Waals surface area contributed by atoms with E-state index in [0.717, 1.165) is 11.8 Å². The van der Waals surface area contributed by atoms with Crippen LogP contribution in [0.15, 0.2) is 22.9 Å². The second-order valence-electron chi connectivity index (χ2n) is 9.80. The topological polar surface area (TPSA) is 6.25 Å². The Bertz CT molecular complexity index is 625. The SMILES string of the molecule is CCCCC(CC)CC1=C2C=C(N3CCCC3)CCC2CCC1=[N+]1CCCC1. The predicted octanol–water partition coefficient (Wildman–Crippen LogP) is 6.32. The average molecular weight is 384 g/mol. The van der Waals surface area contributed by atoms with E-state index >= 15 is 0 Å². The third kappa shape index (κ3) is 4.41. The highest BCUT2D eigenvalue weighted by molar-refractivity contribution is 5.98. The lowest BCUT2D eigenvalue weighted by Crippen LogP contribution is -2.31. The molecular formula is C26H43N2+. The first kappa shape index (κ1) is 20.2. The summed E-state index contributed by atoms with van der Waals surface area (Å²) >= 11 is 0. The van der Waals surface area contributed by atoms with Crippen LogP contribution in [0.4, 0.5) is 0 Å². The molecule has 2 aliphatic heterocycles. The number of fused-ring (bicyclic) bond motifs is 1. The third-order valence-corrected chi connectivity index (χ3v) is 7.97. The smallest absolute Gasteiger partial charge is 0.179 e. The molecular weight excluding hydrogens is 340 g/mol. The van der Waals surface area contributed by atoms with Crippen LogP contribution < -0.4 is 0 Å². The van der Waals surface area contributed by atoms with E-state index in [0.29, 0.717) is 0 Å². The Morgan fingerprint density at radius 1 is 1.04 bits per heavy atom. The molecule has 0 aromatic heterocycles. The number of allylic oxidation sites excluding steroid dienone is 4. The Kier molecular flexibility index (Phi) is 6.96. The van der Waals surface area contributed by atoms with Gasteiger partial charge in [0.15, 0.2) is 5.71 Å². The molecule has 2 nitrogen and oxygen atoms in total. The quantitative estimate of drug-likeness (QED) is 0.466. The van der Waals surface area contributed by atoms with E-state index in [1.807, 2.05) is 0 Å². The van der Waals surface area contributed by atoms with Crippen LogP contribution in [0.1, 0.15) is 97.3 Å². The maximum atomic E-state index is 2.78. The van der Waals surface area contributed by atoms with Crippen LogP contribution in [-0.4, -0.2) is 41.4 Å². The van der Waals surface area contributed by atoms with Crippen molar-refractivity contribution < 1.29 is 4.58 Å². The molecule has 0 saturated carbocycles. The van der Waals surface area contributed by atoms with Gasteiger partial charge in [0.1, 0.15) is 13.1 Å². The van der Waals surface area contributed by atoms with Gasteiger partial charge < -0.3 is 4.90 Å². The first-order valence-corrected chi connectivity index (χ1v) is 12.6. The average Bonchev–Trinajstić information content (AvgIpc) is 3.45. The lowest BCUT2D eigenvalue weighted by Gasteiger charge is -2.35. The highest BCUT2D eigenvalue weighted by atomic mass is 15.1. The highest BCUT2D eigenvalue weighted by Crippen LogP contribution is 2.42. The zero-order valence-corrected chi connectivity index (χ0v) is 18.6. The summed E-state index contributed by atoms with van der Waals surface area (Å²) in [5.41, 5.74) is 7.01. The molecule has 2 heteroatoms. The number of nitrogens with zero attached hydrogens (tertiary/aromatic N) is 2. The van der Waals surface area contributed by atoms with E-state index in [1.165, 1.54) is 110 Å². The Balaban J connectivity index is 1.69. The van der Waals surface area contributed by atoms with Crippen molar-refractivity contribution in [3.63, 3.8) is 0 Å². The molecule has 0 radical (unpaired) electrons. The van der Waals surface area contributed by atoms with E-state index < -0.39 is 0 Å². The third-order valence-electron chi connectivity index (χ3n) is 7.97. The minimum Gasteiger partial charge on any atom is -0.375 e. The normalized spacial score (nSPS) is 26.7. The van der Waals surface area contributed by atoms with Gasteiger partial charge in [-0.1, -0.05) is 39.5 Å². The van der Waals surface area contributed by atoms with Crippen LogP contribution in [-0.2, 0) is 0 Å². The minimum atomic E-state index is 0.844. The molecule has 0 spiro atoms. The molecule has 4 rings (SSSR count). The maximum absolute atomic E-state index is 2.78. The Morgan fingerprint density at radius 2 is 1.79 bits per heavy atom. The highest BCUT2D eigenvalue weighted by Gasteiger charge is 2.35. The summed E-state index contributed by atoms with van der Waals surface area (Å²) in [6.07, 6.45) is 20.6. The number of rotatable bonds is 7. The van der Waals surface area contributed by atoms with E-state index in [-0.39, 0.29) is 0 Å². The number of likely N-dealkylation sites (tertiary alicyclic amines) is 1. The molecule has 0 bridgehead atoms. The van der Waals surface area contributed by atoms with Crippen LogP contribution in [0.2, 0.25) is 0 Å². The van der Waals surface area contributed by atoms with Crippen molar-refractivity contribution in [3.05, 3.63) is 22.9 Å². The number of unbranched alkanes of at least 4 members (excludes halogenated alkanes) is 1. The van der Waals surface area contributed by atoms with E-state index in [4.69, 9.17) is 0 Å². The second kappa shape index (κ2) is 9.63. The van der Waals surface area contributed by atoms with E-state index in [9.17, 15) is 0 Å². The van der Waals surface area contributed by atoms with Gasteiger partial charge in [-0.15, -0.1) is 0 Å².